The van der Waals surface area contributed by atoms with Crippen LogP contribution in [0.25, 0.3) is 5.65 Å². The van der Waals surface area contributed by atoms with Gasteiger partial charge < -0.3 is 4.90 Å². The average molecular weight is 364 g/mol. The molecule has 0 aliphatic carbocycles. The van der Waals surface area contributed by atoms with E-state index in [1.165, 1.54) is 15.6 Å². The van der Waals surface area contributed by atoms with Crippen LogP contribution >= 0.6 is 11.3 Å². The summed E-state index contributed by atoms with van der Waals surface area (Å²) in [5.74, 6) is 1.53. The van der Waals surface area contributed by atoms with Crippen LogP contribution in [0.2, 0.25) is 0 Å². The van der Waals surface area contributed by atoms with Crippen LogP contribution in [0.4, 0.5) is 5.82 Å². The molecule has 1 aliphatic heterocycles. The number of hydrogen-bond donors (Lipinski definition) is 0. The second-order valence-electron chi connectivity index (χ2n) is 5.53. The van der Waals surface area contributed by atoms with Gasteiger partial charge in [-0.15, -0.1) is 26.6 Å². The number of aryl methyl sites for hydroxylation is 1. The van der Waals surface area contributed by atoms with Crippen LogP contribution in [0.1, 0.15) is 5.82 Å². The third kappa shape index (κ3) is 2.56. The maximum atomic E-state index is 12.6. The fourth-order valence-corrected chi connectivity index (χ4v) is 5.32. The highest BCUT2D eigenvalue weighted by atomic mass is 32.2. The number of rotatable bonds is 3. The summed E-state index contributed by atoms with van der Waals surface area (Å²) in [5.41, 5.74) is 0.704. The minimum absolute atomic E-state index is 0.399. The summed E-state index contributed by atoms with van der Waals surface area (Å²) in [6.45, 7) is 3.94. The molecule has 0 unspecified atom stereocenters. The molecule has 8 nitrogen and oxygen atoms in total. The van der Waals surface area contributed by atoms with Crippen molar-refractivity contribution in [1.82, 2.24) is 24.1 Å². The standard InChI is InChI=1S/C14H16N6O2S2/c1-11-15-16-12-4-5-13(17-20(11)12)18-6-8-19(9-7-18)24(21,22)14-3-2-10-23-14/h2-5,10H,6-9H2,1H3. The summed E-state index contributed by atoms with van der Waals surface area (Å²) in [6.07, 6.45) is 0. The Balaban J connectivity index is 1.52. The number of nitrogens with zero attached hydrogens (tertiary/aromatic N) is 6. The molecule has 0 spiro atoms. The van der Waals surface area contributed by atoms with Crippen LogP contribution in [-0.4, -0.2) is 58.7 Å². The zero-order chi connectivity index (χ0) is 16.7. The van der Waals surface area contributed by atoms with E-state index in [0.29, 0.717) is 36.0 Å². The quantitative estimate of drug-likeness (QED) is 0.690. The molecule has 0 N–H and O–H groups in total. The van der Waals surface area contributed by atoms with Gasteiger partial charge in [-0.3, -0.25) is 0 Å². The molecular formula is C14H16N6O2S2. The summed E-state index contributed by atoms with van der Waals surface area (Å²) < 4.78 is 28.8. The molecule has 3 aromatic heterocycles. The third-order valence-electron chi connectivity index (χ3n) is 4.06. The normalized spacial score (nSPS) is 16.8. The smallest absolute Gasteiger partial charge is 0.252 e. The van der Waals surface area contributed by atoms with Gasteiger partial charge in [0, 0.05) is 26.2 Å². The molecule has 126 valence electrons. The van der Waals surface area contributed by atoms with Gasteiger partial charge in [0.25, 0.3) is 10.0 Å². The first kappa shape index (κ1) is 15.5. The molecule has 1 saturated heterocycles. The van der Waals surface area contributed by atoms with E-state index in [2.05, 4.69) is 20.2 Å². The Morgan fingerprint density at radius 2 is 1.88 bits per heavy atom. The van der Waals surface area contributed by atoms with E-state index in [1.807, 2.05) is 19.1 Å². The molecule has 1 aliphatic rings. The Labute approximate surface area is 143 Å². The lowest BCUT2D eigenvalue weighted by molar-refractivity contribution is 0.384. The summed E-state index contributed by atoms with van der Waals surface area (Å²) in [5, 5.41) is 14.4. The minimum Gasteiger partial charge on any atom is -0.353 e. The van der Waals surface area contributed by atoms with Gasteiger partial charge in [-0.25, -0.2) is 8.42 Å². The lowest BCUT2D eigenvalue weighted by atomic mass is 10.3. The first-order valence-corrected chi connectivity index (χ1v) is 9.85. The van der Waals surface area contributed by atoms with Crippen LogP contribution in [0.15, 0.2) is 33.9 Å². The molecule has 4 heterocycles. The molecule has 0 radical (unpaired) electrons. The zero-order valence-electron chi connectivity index (χ0n) is 13.0. The predicted molar refractivity (Wildman–Crippen MR) is 90.8 cm³/mol. The van der Waals surface area contributed by atoms with Crippen molar-refractivity contribution in [2.24, 2.45) is 0 Å². The Bertz CT molecular complexity index is 958. The molecule has 0 aromatic carbocycles. The Kier molecular flexibility index (Phi) is 3.74. The molecule has 0 saturated carbocycles. The fourth-order valence-electron chi connectivity index (χ4n) is 2.75. The molecule has 1 fully saturated rings. The van der Waals surface area contributed by atoms with Gasteiger partial charge in [-0.05, 0) is 30.5 Å². The van der Waals surface area contributed by atoms with E-state index in [4.69, 9.17) is 0 Å². The highest BCUT2D eigenvalue weighted by Crippen LogP contribution is 2.23. The van der Waals surface area contributed by atoms with Crippen molar-refractivity contribution in [2.75, 3.05) is 31.1 Å². The van der Waals surface area contributed by atoms with Crippen LogP contribution < -0.4 is 4.90 Å². The van der Waals surface area contributed by atoms with Crippen LogP contribution in [0, 0.1) is 6.92 Å². The number of anilines is 1. The molecule has 4 rings (SSSR count). The summed E-state index contributed by atoms with van der Waals surface area (Å²) in [7, 11) is -3.38. The van der Waals surface area contributed by atoms with Crippen molar-refractivity contribution < 1.29 is 8.42 Å². The van der Waals surface area contributed by atoms with Crippen molar-refractivity contribution in [3.8, 4) is 0 Å². The van der Waals surface area contributed by atoms with Crippen molar-refractivity contribution >= 4 is 32.8 Å². The Morgan fingerprint density at radius 1 is 1.08 bits per heavy atom. The monoisotopic (exact) mass is 364 g/mol. The van der Waals surface area contributed by atoms with Crippen molar-refractivity contribution in [2.45, 2.75) is 11.1 Å². The van der Waals surface area contributed by atoms with Crippen molar-refractivity contribution in [3.05, 3.63) is 35.5 Å². The zero-order valence-corrected chi connectivity index (χ0v) is 14.7. The lowest BCUT2D eigenvalue weighted by Crippen LogP contribution is -2.48. The van der Waals surface area contributed by atoms with Gasteiger partial charge in [-0.1, -0.05) is 6.07 Å². The minimum atomic E-state index is -3.38. The summed E-state index contributed by atoms with van der Waals surface area (Å²) in [6, 6.07) is 7.18. The number of thiophene rings is 1. The number of fused-ring (bicyclic) bond motifs is 1. The van der Waals surface area contributed by atoms with Gasteiger partial charge in [0.2, 0.25) is 0 Å². The lowest BCUT2D eigenvalue weighted by Gasteiger charge is -2.34. The second kappa shape index (κ2) is 5.80. The number of sulfonamides is 1. The Hall–Kier alpha value is -2.04. The van der Waals surface area contributed by atoms with Crippen LogP contribution in [0.5, 0.6) is 0 Å². The third-order valence-corrected chi connectivity index (χ3v) is 7.33. The second-order valence-corrected chi connectivity index (χ2v) is 8.64. The van der Waals surface area contributed by atoms with Gasteiger partial charge in [-0.2, -0.15) is 8.82 Å². The van der Waals surface area contributed by atoms with E-state index < -0.39 is 10.0 Å². The SMILES string of the molecule is Cc1nnc2ccc(N3CCN(S(=O)(=O)c4cccs4)CC3)nn12. The van der Waals surface area contributed by atoms with E-state index in [9.17, 15) is 8.42 Å². The van der Waals surface area contributed by atoms with Crippen molar-refractivity contribution in [1.29, 1.82) is 0 Å². The molecule has 24 heavy (non-hydrogen) atoms. The van der Waals surface area contributed by atoms with Gasteiger partial charge in [0.1, 0.15) is 10.0 Å². The molecule has 10 heteroatoms. The summed E-state index contributed by atoms with van der Waals surface area (Å²) >= 11 is 1.25. The van der Waals surface area contributed by atoms with E-state index in [1.54, 1.807) is 22.0 Å². The number of hydrogen-bond acceptors (Lipinski definition) is 7. The Morgan fingerprint density at radius 3 is 2.58 bits per heavy atom. The highest BCUT2D eigenvalue weighted by Gasteiger charge is 2.29. The molecule has 0 atom stereocenters. The first-order chi connectivity index (χ1) is 11.6. The fraction of sp³-hybridized carbons (Fsp3) is 0.357. The van der Waals surface area contributed by atoms with Crippen molar-refractivity contribution in [3.63, 3.8) is 0 Å². The van der Waals surface area contributed by atoms with E-state index >= 15 is 0 Å². The van der Waals surface area contributed by atoms with Gasteiger partial charge in [0.05, 0.1) is 0 Å². The largest absolute Gasteiger partial charge is 0.353 e. The van der Waals surface area contributed by atoms with E-state index in [-0.39, 0.29) is 0 Å². The average Bonchev–Trinajstić information content (AvgIpc) is 3.26. The molecule has 0 amide bonds. The maximum Gasteiger partial charge on any atom is 0.252 e. The highest BCUT2D eigenvalue weighted by molar-refractivity contribution is 7.91. The van der Waals surface area contributed by atoms with Gasteiger partial charge >= 0.3 is 0 Å². The number of aromatic nitrogens is 4. The topological polar surface area (TPSA) is 83.7 Å². The predicted octanol–water partition coefficient (Wildman–Crippen LogP) is 1.01. The molecule has 0 bridgehead atoms. The first-order valence-electron chi connectivity index (χ1n) is 7.53. The molecular weight excluding hydrogens is 348 g/mol. The maximum absolute atomic E-state index is 12.6. The number of piperazine rings is 1. The van der Waals surface area contributed by atoms with E-state index in [0.717, 1.165) is 11.6 Å². The van der Waals surface area contributed by atoms with Crippen LogP contribution in [-0.2, 0) is 10.0 Å². The summed E-state index contributed by atoms with van der Waals surface area (Å²) in [4.78, 5) is 2.08. The van der Waals surface area contributed by atoms with Crippen LogP contribution in [0.3, 0.4) is 0 Å². The molecule has 3 aromatic rings. The van der Waals surface area contributed by atoms with Gasteiger partial charge in [0.15, 0.2) is 11.5 Å².